The zero-order valence-corrected chi connectivity index (χ0v) is 21.6. The Kier molecular flexibility index (Phi) is 5.74. The van der Waals surface area contributed by atoms with Crippen LogP contribution >= 0.6 is 11.6 Å². The van der Waals surface area contributed by atoms with Crippen LogP contribution in [0.4, 0.5) is 5.82 Å². The van der Waals surface area contributed by atoms with Crippen LogP contribution in [0.5, 0.6) is 0 Å². The van der Waals surface area contributed by atoms with Crippen LogP contribution in [0.3, 0.4) is 0 Å². The topological polar surface area (TPSA) is 102 Å². The summed E-state index contributed by atoms with van der Waals surface area (Å²) in [7, 11) is 1.71. The van der Waals surface area contributed by atoms with Crippen LogP contribution in [0.15, 0.2) is 41.5 Å². The lowest BCUT2D eigenvalue weighted by molar-refractivity contribution is -0.0176. The third-order valence-corrected chi connectivity index (χ3v) is 7.36. The minimum Gasteiger partial charge on any atom is -0.367 e. The second kappa shape index (κ2) is 8.98. The Morgan fingerprint density at radius 3 is 2.76 bits per heavy atom. The van der Waals surface area contributed by atoms with E-state index < -0.39 is 0 Å². The molecule has 1 aliphatic carbocycles. The number of aryl methyl sites for hydroxylation is 1. The van der Waals surface area contributed by atoms with Crippen LogP contribution < -0.4 is 10.5 Å². The molecule has 1 saturated heterocycles. The number of benzene rings is 1. The van der Waals surface area contributed by atoms with Crippen molar-refractivity contribution < 1.29 is 4.74 Å². The van der Waals surface area contributed by atoms with Crippen LogP contribution in [0.1, 0.15) is 48.9 Å². The third-order valence-electron chi connectivity index (χ3n) is 7.13. The molecule has 4 heterocycles. The van der Waals surface area contributed by atoms with Crippen LogP contribution in [0.25, 0.3) is 22.2 Å². The van der Waals surface area contributed by atoms with Gasteiger partial charge in [0, 0.05) is 35.9 Å². The van der Waals surface area contributed by atoms with Gasteiger partial charge in [-0.25, -0.2) is 9.97 Å². The van der Waals surface area contributed by atoms with Crippen LogP contribution in [0, 0.1) is 18.3 Å². The molecule has 3 aromatic heterocycles. The fraction of sp³-hybridized carbons (Fsp3) is 0.370. The highest BCUT2D eigenvalue weighted by Crippen LogP contribution is 2.37. The van der Waals surface area contributed by atoms with Crippen molar-refractivity contribution in [1.29, 1.82) is 5.26 Å². The highest BCUT2D eigenvalue weighted by atomic mass is 35.5. The number of rotatable bonds is 4. The van der Waals surface area contributed by atoms with Gasteiger partial charge in [0.15, 0.2) is 0 Å². The summed E-state index contributed by atoms with van der Waals surface area (Å²) in [6.07, 6.45) is 6.05. The summed E-state index contributed by atoms with van der Waals surface area (Å²) in [5.74, 6) is 1.20. The molecular weight excluding hydrogens is 490 g/mol. The highest BCUT2D eigenvalue weighted by molar-refractivity contribution is 6.30. The van der Waals surface area contributed by atoms with Gasteiger partial charge < -0.3 is 9.64 Å². The van der Waals surface area contributed by atoms with Gasteiger partial charge >= 0.3 is 0 Å². The summed E-state index contributed by atoms with van der Waals surface area (Å²) in [5, 5.41) is 15.3. The average Bonchev–Trinajstić information content (AvgIpc) is 3.62. The molecule has 2 atom stereocenters. The van der Waals surface area contributed by atoms with Crippen molar-refractivity contribution in [2.45, 2.75) is 44.9 Å². The van der Waals surface area contributed by atoms with E-state index in [9.17, 15) is 10.1 Å². The highest BCUT2D eigenvalue weighted by Gasteiger charge is 2.31. The molecule has 9 nitrogen and oxygen atoms in total. The van der Waals surface area contributed by atoms with E-state index in [2.05, 4.69) is 22.3 Å². The van der Waals surface area contributed by atoms with Crippen molar-refractivity contribution in [3.8, 4) is 17.3 Å². The van der Waals surface area contributed by atoms with E-state index in [0.29, 0.717) is 63.5 Å². The molecule has 1 saturated carbocycles. The molecule has 188 valence electrons. The maximum atomic E-state index is 13.4. The van der Waals surface area contributed by atoms with Crippen LogP contribution in [-0.4, -0.2) is 43.5 Å². The zero-order chi connectivity index (χ0) is 25.8. The normalized spacial score (nSPS) is 19.8. The minimum absolute atomic E-state index is 0.0619. The molecule has 4 aromatic rings. The number of aromatic nitrogens is 5. The largest absolute Gasteiger partial charge is 0.367 e. The first kappa shape index (κ1) is 23.6. The van der Waals surface area contributed by atoms with Gasteiger partial charge in [0.1, 0.15) is 29.0 Å². The molecule has 6 rings (SSSR count). The summed E-state index contributed by atoms with van der Waals surface area (Å²) < 4.78 is 9.84. The summed E-state index contributed by atoms with van der Waals surface area (Å²) >= 11 is 6.17. The van der Waals surface area contributed by atoms with E-state index in [1.807, 2.05) is 17.8 Å². The zero-order valence-electron chi connectivity index (χ0n) is 20.8. The Labute approximate surface area is 218 Å². The first-order valence-electron chi connectivity index (χ1n) is 12.3. The number of morpholine rings is 1. The number of halogens is 1. The fourth-order valence-corrected chi connectivity index (χ4v) is 5.08. The summed E-state index contributed by atoms with van der Waals surface area (Å²) in [4.78, 5) is 25.2. The number of hydrogen-bond donors (Lipinski definition) is 0. The van der Waals surface area contributed by atoms with E-state index >= 15 is 0 Å². The lowest BCUT2D eigenvalue weighted by Crippen LogP contribution is -2.43. The molecule has 2 fully saturated rings. The third kappa shape index (κ3) is 4.26. The maximum absolute atomic E-state index is 13.4. The number of fused-ring (bicyclic) bond motifs is 1. The van der Waals surface area contributed by atoms with Crippen molar-refractivity contribution in [1.82, 2.24) is 24.3 Å². The quantitative estimate of drug-likeness (QED) is 0.398. The first-order chi connectivity index (χ1) is 17.8. The van der Waals surface area contributed by atoms with Crippen molar-refractivity contribution in [3.63, 3.8) is 0 Å². The predicted molar refractivity (Wildman–Crippen MR) is 141 cm³/mol. The Morgan fingerprint density at radius 2 is 2.00 bits per heavy atom. The van der Waals surface area contributed by atoms with Crippen molar-refractivity contribution in [2.75, 3.05) is 18.0 Å². The van der Waals surface area contributed by atoms with Gasteiger partial charge in [0.25, 0.3) is 5.56 Å². The predicted octanol–water partition coefficient (Wildman–Crippen LogP) is 4.33. The lowest BCUT2D eigenvalue weighted by atomic mass is 10.0. The minimum atomic E-state index is -0.179. The average molecular weight is 516 g/mol. The molecule has 0 amide bonds. The molecule has 2 unspecified atom stereocenters. The van der Waals surface area contributed by atoms with Crippen molar-refractivity contribution in [3.05, 3.63) is 69.0 Å². The molecular formula is C27H26ClN7O2. The number of nitrogens with zero attached hydrogens (tertiary/aromatic N) is 7. The van der Waals surface area contributed by atoms with Gasteiger partial charge in [0.2, 0.25) is 0 Å². The van der Waals surface area contributed by atoms with Gasteiger partial charge in [-0.05, 0) is 51.0 Å². The second-order valence-corrected chi connectivity index (χ2v) is 10.3. The van der Waals surface area contributed by atoms with Gasteiger partial charge in [0.05, 0.1) is 41.9 Å². The van der Waals surface area contributed by atoms with Crippen molar-refractivity contribution in [2.24, 2.45) is 7.05 Å². The van der Waals surface area contributed by atoms with E-state index in [4.69, 9.17) is 26.3 Å². The number of ether oxygens (including phenoxy) is 1. The molecule has 0 N–H and O–H groups in total. The van der Waals surface area contributed by atoms with Gasteiger partial charge in [-0.15, -0.1) is 0 Å². The van der Waals surface area contributed by atoms with Gasteiger partial charge in [-0.2, -0.15) is 10.4 Å². The Hall–Kier alpha value is -3.74. The smallest absolute Gasteiger partial charge is 0.261 e. The van der Waals surface area contributed by atoms with E-state index in [0.717, 1.165) is 18.4 Å². The molecule has 1 aromatic carbocycles. The van der Waals surface area contributed by atoms with Crippen LogP contribution in [-0.2, 0) is 11.8 Å². The van der Waals surface area contributed by atoms with E-state index in [1.165, 1.54) is 4.57 Å². The molecule has 1 aliphatic heterocycles. The number of nitriles is 1. The van der Waals surface area contributed by atoms with Gasteiger partial charge in [-0.1, -0.05) is 11.6 Å². The number of pyridine rings is 1. The second-order valence-electron chi connectivity index (χ2n) is 9.88. The molecule has 0 bridgehead atoms. The number of hydrogen-bond acceptors (Lipinski definition) is 7. The Bertz CT molecular complexity index is 1630. The summed E-state index contributed by atoms with van der Waals surface area (Å²) in [5.41, 5.74) is 2.78. The van der Waals surface area contributed by atoms with Crippen molar-refractivity contribution >= 4 is 28.3 Å². The summed E-state index contributed by atoms with van der Waals surface area (Å²) in [6.45, 7) is 4.98. The Balaban J connectivity index is 1.49. The molecule has 37 heavy (non-hydrogen) atoms. The standard InChI is InChI=1S/C27H26ClN7O2/c1-15-12-34(14-23(37-15)18-11-30-35(13-18)20-5-6-20)24-9-22-26(31-16(2)33(3)27(22)36)25(32-24)21-7-4-19(28)8-17(21)10-29/h4,7-9,11,13,15,20,23H,5-6,12,14H2,1-3H3. The van der Waals surface area contributed by atoms with Crippen LogP contribution in [0.2, 0.25) is 5.02 Å². The Morgan fingerprint density at radius 1 is 1.19 bits per heavy atom. The van der Waals surface area contributed by atoms with Gasteiger partial charge in [-0.3, -0.25) is 14.0 Å². The summed E-state index contributed by atoms with van der Waals surface area (Å²) in [6, 6.07) is 9.60. The maximum Gasteiger partial charge on any atom is 0.261 e. The molecule has 2 aliphatic rings. The van der Waals surface area contributed by atoms with E-state index in [-0.39, 0.29) is 17.8 Å². The SMILES string of the molecule is Cc1nc2c(-c3ccc(Cl)cc3C#N)nc(N3CC(C)OC(c4cnn(C5CC5)c4)C3)cc2c(=O)n1C. The number of anilines is 1. The monoisotopic (exact) mass is 515 g/mol. The molecule has 0 spiro atoms. The fourth-order valence-electron chi connectivity index (χ4n) is 4.91. The van der Waals surface area contributed by atoms with E-state index in [1.54, 1.807) is 38.2 Å². The molecule has 10 heteroatoms. The lowest BCUT2D eigenvalue weighted by Gasteiger charge is -2.37. The first-order valence-corrected chi connectivity index (χ1v) is 12.7. The molecule has 0 radical (unpaired) electrons.